The van der Waals surface area contributed by atoms with E-state index in [1.807, 2.05) is 12.3 Å². The van der Waals surface area contributed by atoms with E-state index in [9.17, 15) is 4.39 Å². The number of fused-ring (bicyclic) bond motifs is 1. The van der Waals surface area contributed by atoms with Gasteiger partial charge >= 0.3 is 0 Å². The average Bonchev–Trinajstić information content (AvgIpc) is 3.04. The van der Waals surface area contributed by atoms with Crippen molar-refractivity contribution in [3.8, 4) is 0 Å². The van der Waals surface area contributed by atoms with Crippen LogP contribution in [0, 0.1) is 5.82 Å². The summed E-state index contributed by atoms with van der Waals surface area (Å²) in [4.78, 5) is 16.2. The Morgan fingerprint density at radius 1 is 1.12 bits per heavy atom. The van der Waals surface area contributed by atoms with Crippen molar-refractivity contribution in [3.05, 3.63) is 53.3 Å². The van der Waals surface area contributed by atoms with E-state index < -0.39 is 0 Å². The molecule has 26 heavy (non-hydrogen) atoms. The zero-order valence-corrected chi connectivity index (χ0v) is 15.2. The number of hydrogen-bond donors (Lipinski definition) is 1. The molecule has 0 unspecified atom stereocenters. The number of H-pyrrole nitrogens is 1. The molecule has 3 heterocycles. The predicted molar refractivity (Wildman–Crippen MR) is 102 cm³/mol. The van der Waals surface area contributed by atoms with E-state index >= 15 is 0 Å². The molecule has 0 aliphatic carbocycles. The van der Waals surface area contributed by atoms with Gasteiger partial charge in [0.2, 0.25) is 0 Å². The Morgan fingerprint density at radius 2 is 1.96 bits per heavy atom. The van der Waals surface area contributed by atoms with Gasteiger partial charge in [-0.2, -0.15) is 0 Å². The van der Waals surface area contributed by atoms with Gasteiger partial charge in [-0.05, 0) is 43.1 Å². The molecule has 0 amide bonds. The van der Waals surface area contributed by atoms with Crippen LogP contribution in [-0.2, 0) is 6.42 Å². The van der Waals surface area contributed by atoms with E-state index in [2.05, 4.69) is 24.8 Å². The van der Waals surface area contributed by atoms with E-state index in [4.69, 9.17) is 11.6 Å². The molecule has 5 nitrogen and oxygen atoms in total. The Morgan fingerprint density at radius 3 is 2.77 bits per heavy atom. The second kappa shape index (κ2) is 7.60. The maximum absolute atomic E-state index is 13.5. The monoisotopic (exact) mass is 373 g/mol. The van der Waals surface area contributed by atoms with Gasteiger partial charge in [-0.15, -0.1) is 0 Å². The van der Waals surface area contributed by atoms with Gasteiger partial charge < -0.3 is 9.88 Å². The lowest BCUT2D eigenvalue weighted by molar-refractivity contribution is 0.254. The fourth-order valence-corrected chi connectivity index (χ4v) is 3.69. The number of hydrogen-bond acceptors (Lipinski definition) is 4. The van der Waals surface area contributed by atoms with Gasteiger partial charge in [0.25, 0.3) is 0 Å². The lowest BCUT2D eigenvalue weighted by Gasteiger charge is -2.35. The van der Waals surface area contributed by atoms with Crippen molar-refractivity contribution in [3.63, 3.8) is 0 Å². The van der Waals surface area contributed by atoms with E-state index in [1.54, 1.807) is 12.1 Å². The van der Waals surface area contributed by atoms with Crippen LogP contribution in [0.1, 0.15) is 12.0 Å². The van der Waals surface area contributed by atoms with E-state index in [0.717, 1.165) is 62.3 Å². The Kier molecular flexibility index (Phi) is 5.04. The summed E-state index contributed by atoms with van der Waals surface area (Å²) in [6, 6.07) is 6.72. The molecule has 0 radical (unpaired) electrons. The summed E-state index contributed by atoms with van der Waals surface area (Å²) in [6.07, 6.45) is 5.52. The summed E-state index contributed by atoms with van der Waals surface area (Å²) in [5.41, 5.74) is 2.19. The summed E-state index contributed by atoms with van der Waals surface area (Å²) < 4.78 is 13.5. The van der Waals surface area contributed by atoms with Gasteiger partial charge in [0.1, 0.15) is 23.1 Å². The minimum Gasteiger partial charge on any atom is -0.361 e. The van der Waals surface area contributed by atoms with Gasteiger partial charge in [-0.3, -0.25) is 4.90 Å². The highest BCUT2D eigenvalue weighted by Crippen LogP contribution is 2.21. The maximum Gasteiger partial charge on any atom is 0.134 e. The van der Waals surface area contributed by atoms with Gasteiger partial charge in [0.15, 0.2) is 0 Å². The van der Waals surface area contributed by atoms with Crippen LogP contribution in [0.2, 0.25) is 5.15 Å². The fraction of sp³-hybridized carbons (Fsp3) is 0.368. The summed E-state index contributed by atoms with van der Waals surface area (Å²) in [6.45, 7) is 4.92. The molecule has 7 heteroatoms. The Labute approximate surface area is 156 Å². The molecule has 0 spiro atoms. The number of benzene rings is 1. The van der Waals surface area contributed by atoms with E-state index in [0.29, 0.717) is 5.15 Å². The SMILES string of the molecule is Fc1ccc2[nH]cc(CCCN3CCN(c4cc(Cl)ncn4)CC3)c2c1. The fourth-order valence-electron chi connectivity index (χ4n) is 3.55. The van der Waals surface area contributed by atoms with Crippen molar-refractivity contribution in [2.24, 2.45) is 0 Å². The third kappa shape index (κ3) is 3.81. The number of halogens is 2. The molecule has 4 rings (SSSR count). The molecular weight excluding hydrogens is 353 g/mol. The first-order chi connectivity index (χ1) is 12.7. The summed E-state index contributed by atoms with van der Waals surface area (Å²) in [5.74, 6) is 0.713. The third-order valence-corrected chi connectivity index (χ3v) is 5.17. The van der Waals surface area contributed by atoms with Crippen LogP contribution in [0.15, 0.2) is 36.8 Å². The molecule has 0 saturated carbocycles. The largest absolute Gasteiger partial charge is 0.361 e. The number of anilines is 1. The number of nitrogens with zero attached hydrogens (tertiary/aromatic N) is 4. The lowest BCUT2D eigenvalue weighted by atomic mass is 10.1. The highest BCUT2D eigenvalue weighted by molar-refractivity contribution is 6.29. The van der Waals surface area contributed by atoms with Crippen molar-refractivity contribution in [2.45, 2.75) is 12.8 Å². The zero-order valence-electron chi connectivity index (χ0n) is 14.5. The average molecular weight is 374 g/mol. The molecule has 3 aromatic rings. The highest BCUT2D eigenvalue weighted by atomic mass is 35.5. The summed E-state index contributed by atoms with van der Waals surface area (Å²) in [5, 5.41) is 1.48. The highest BCUT2D eigenvalue weighted by Gasteiger charge is 2.18. The number of aromatic nitrogens is 3. The zero-order chi connectivity index (χ0) is 17.9. The van der Waals surface area contributed by atoms with Crippen LogP contribution >= 0.6 is 11.6 Å². The third-order valence-electron chi connectivity index (χ3n) is 4.97. The number of rotatable bonds is 5. The molecule has 0 atom stereocenters. The van der Waals surface area contributed by atoms with Crippen LogP contribution in [0.25, 0.3) is 10.9 Å². The molecular formula is C19H21ClFN5. The first-order valence-corrected chi connectivity index (χ1v) is 9.27. The molecule has 1 aliphatic rings. The normalized spacial score (nSPS) is 15.7. The van der Waals surface area contributed by atoms with Crippen LogP contribution < -0.4 is 4.90 Å². The Hall–Kier alpha value is -2.18. The van der Waals surface area contributed by atoms with Crippen molar-refractivity contribution in [1.82, 2.24) is 19.9 Å². The molecule has 0 bridgehead atoms. The van der Waals surface area contributed by atoms with Crippen LogP contribution in [0.4, 0.5) is 10.2 Å². The minimum atomic E-state index is -0.181. The first kappa shape index (κ1) is 17.2. The van der Waals surface area contributed by atoms with Crippen LogP contribution in [-0.4, -0.2) is 52.6 Å². The van der Waals surface area contributed by atoms with Crippen molar-refractivity contribution in [1.29, 1.82) is 0 Å². The van der Waals surface area contributed by atoms with Gasteiger partial charge in [-0.25, -0.2) is 14.4 Å². The topological polar surface area (TPSA) is 48.1 Å². The molecule has 1 fully saturated rings. The number of aromatic amines is 1. The molecule has 136 valence electrons. The molecule has 1 aliphatic heterocycles. The van der Waals surface area contributed by atoms with Crippen molar-refractivity contribution in [2.75, 3.05) is 37.6 Å². The van der Waals surface area contributed by atoms with Crippen molar-refractivity contribution < 1.29 is 4.39 Å². The van der Waals surface area contributed by atoms with Crippen LogP contribution in [0.5, 0.6) is 0 Å². The Bertz CT molecular complexity index is 889. The maximum atomic E-state index is 13.5. The van der Waals surface area contributed by atoms with E-state index in [-0.39, 0.29) is 5.82 Å². The smallest absolute Gasteiger partial charge is 0.134 e. The van der Waals surface area contributed by atoms with Gasteiger partial charge in [0, 0.05) is 49.3 Å². The lowest BCUT2D eigenvalue weighted by Crippen LogP contribution is -2.47. The molecule has 1 saturated heterocycles. The van der Waals surface area contributed by atoms with Crippen LogP contribution in [0.3, 0.4) is 0 Å². The predicted octanol–water partition coefficient (Wildman–Crippen LogP) is 3.51. The second-order valence-corrected chi connectivity index (χ2v) is 7.02. The molecule has 1 aromatic carbocycles. The molecule has 1 N–H and O–H groups in total. The number of piperazine rings is 1. The second-order valence-electron chi connectivity index (χ2n) is 6.63. The van der Waals surface area contributed by atoms with Gasteiger partial charge in [0.05, 0.1) is 0 Å². The van der Waals surface area contributed by atoms with Crippen molar-refractivity contribution >= 4 is 28.3 Å². The van der Waals surface area contributed by atoms with E-state index in [1.165, 1.54) is 18.0 Å². The number of nitrogens with one attached hydrogen (secondary N) is 1. The summed E-state index contributed by atoms with van der Waals surface area (Å²) >= 11 is 5.95. The quantitative estimate of drug-likeness (QED) is 0.695. The molecule has 2 aromatic heterocycles. The number of aryl methyl sites for hydroxylation is 1. The van der Waals surface area contributed by atoms with Gasteiger partial charge in [-0.1, -0.05) is 11.6 Å². The Balaban J connectivity index is 1.28. The standard InChI is InChI=1S/C19H21ClFN5/c20-18-11-19(24-13-23-18)26-8-6-25(7-9-26)5-1-2-14-12-22-17-4-3-15(21)10-16(14)17/h3-4,10-13,22H,1-2,5-9H2. The minimum absolute atomic E-state index is 0.181. The summed E-state index contributed by atoms with van der Waals surface area (Å²) in [7, 11) is 0. The first-order valence-electron chi connectivity index (χ1n) is 8.89.